The number of piperazine rings is 1. The van der Waals surface area contributed by atoms with Crippen molar-refractivity contribution in [2.24, 2.45) is 0 Å². The van der Waals surface area contributed by atoms with E-state index in [0.717, 1.165) is 19.4 Å². The smallest absolute Gasteiger partial charge is 0.410 e. The molecule has 1 heterocycles. The van der Waals surface area contributed by atoms with Crippen molar-refractivity contribution in [1.29, 1.82) is 0 Å². The summed E-state index contributed by atoms with van der Waals surface area (Å²) in [7, 11) is 0. The van der Waals surface area contributed by atoms with Crippen LogP contribution in [0.25, 0.3) is 0 Å². The van der Waals surface area contributed by atoms with E-state index in [1.54, 1.807) is 0 Å². The minimum Gasteiger partial charge on any atom is -0.444 e. The first-order valence-electron chi connectivity index (χ1n) is 7.31. The quantitative estimate of drug-likeness (QED) is 0.838. The number of amides is 1. The van der Waals surface area contributed by atoms with Crippen molar-refractivity contribution in [3.63, 3.8) is 0 Å². The van der Waals surface area contributed by atoms with Crippen molar-refractivity contribution in [2.75, 3.05) is 13.1 Å². The molecular formula is C15H30N2O2. The highest BCUT2D eigenvalue weighted by Gasteiger charge is 2.45. The molecule has 0 unspecified atom stereocenters. The zero-order valence-electron chi connectivity index (χ0n) is 13.6. The number of rotatable bonds is 2. The predicted octanol–water partition coefficient (Wildman–Crippen LogP) is 3.16. The number of hydrogen-bond acceptors (Lipinski definition) is 3. The van der Waals surface area contributed by atoms with Crippen LogP contribution in [0.5, 0.6) is 0 Å². The lowest BCUT2D eigenvalue weighted by Gasteiger charge is -2.52. The highest BCUT2D eigenvalue weighted by Crippen LogP contribution is 2.31. The van der Waals surface area contributed by atoms with E-state index in [4.69, 9.17) is 4.74 Å². The molecule has 1 fully saturated rings. The fourth-order valence-corrected chi connectivity index (χ4v) is 2.58. The molecule has 0 atom stereocenters. The third kappa shape index (κ3) is 3.85. The normalized spacial score (nSPS) is 22.2. The van der Waals surface area contributed by atoms with E-state index in [0.29, 0.717) is 6.54 Å². The number of carbonyl (C=O) groups is 1. The standard InChI is InChI=1S/C15H30N2O2/c1-8-15(9-2)10-16-14(6,7)11-17(15)12(18)19-13(3,4)5/h16H,8-11H2,1-7H3. The van der Waals surface area contributed by atoms with E-state index in [9.17, 15) is 4.79 Å². The topological polar surface area (TPSA) is 41.6 Å². The summed E-state index contributed by atoms with van der Waals surface area (Å²) in [6.07, 6.45) is 1.68. The molecule has 0 radical (unpaired) electrons. The summed E-state index contributed by atoms with van der Waals surface area (Å²) in [5.41, 5.74) is -0.637. The summed E-state index contributed by atoms with van der Waals surface area (Å²) >= 11 is 0. The molecule has 19 heavy (non-hydrogen) atoms. The van der Waals surface area contributed by atoms with Crippen molar-refractivity contribution in [1.82, 2.24) is 10.2 Å². The van der Waals surface area contributed by atoms with E-state index in [1.165, 1.54) is 0 Å². The van der Waals surface area contributed by atoms with E-state index in [-0.39, 0.29) is 17.2 Å². The fraction of sp³-hybridized carbons (Fsp3) is 0.933. The number of hydrogen-bond donors (Lipinski definition) is 1. The molecule has 1 aliphatic heterocycles. The molecule has 1 saturated heterocycles. The van der Waals surface area contributed by atoms with Crippen molar-refractivity contribution in [3.8, 4) is 0 Å². The van der Waals surface area contributed by atoms with Gasteiger partial charge in [-0.05, 0) is 47.5 Å². The molecule has 1 amide bonds. The molecule has 4 heteroatoms. The number of ether oxygens (including phenoxy) is 1. The van der Waals surface area contributed by atoms with Gasteiger partial charge < -0.3 is 10.1 Å². The van der Waals surface area contributed by atoms with Crippen LogP contribution in [0.3, 0.4) is 0 Å². The van der Waals surface area contributed by atoms with Crippen LogP contribution < -0.4 is 5.32 Å². The number of nitrogens with zero attached hydrogens (tertiary/aromatic N) is 1. The molecule has 1 rings (SSSR count). The van der Waals surface area contributed by atoms with Crippen LogP contribution in [0.15, 0.2) is 0 Å². The van der Waals surface area contributed by atoms with Gasteiger partial charge in [-0.25, -0.2) is 4.79 Å². The average molecular weight is 270 g/mol. The highest BCUT2D eigenvalue weighted by molar-refractivity contribution is 5.69. The highest BCUT2D eigenvalue weighted by atomic mass is 16.6. The SMILES string of the molecule is CCC1(CC)CNC(C)(C)CN1C(=O)OC(C)(C)C. The average Bonchev–Trinajstić information content (AvgIpc) is 2.26. The zero-order valence-corrected chi connectivity index (χ0v) is 13.6. The maximum absolute atomic E-state index is 12.5. The molecular weight excluding hydrogens is 240 g/mol. The fourth-order valence-electron chi connectivity index (χ4n) is 2.58. The Balaban J connectivity index is 2.98. The molecule has 0 aliphatic carbocycles. The largest absolute Gasteiger partial charge is 0.444 e. The maximum Gasteiger partial charge on any atom is 0.410 e. The van der Waals surface area contributed by atoms with Crippen molar-refractivity contribution in [3.05, 3.63) is 0 Å². The van der Waals surface area contributed by atoms with Gasteiger partial charge in [-0.2, -0.15) is 0 Å². The summed E-state index contributed by atoms with van der Waals surface area (Å²) in [4.78, 5) is 14.5. The van der Waals surface area contributed by atoms with Crippen LogP contribution in [-0.4, -0.2) is 40.8 Å². The van der Waals surface area contributed by atoms with Crippen LogP contribution in [0.2, 0.25) is 0 Å². The first kappa shape index (κ1) is 16.3. The summed E-state index contributed by atoms with van der Waals surface area (Å²) in [5, 5.41) is 3.55. The summed E-state index contributed by atoms with van der Waals surface area (Å²) in [6, 6.07) is 0. The third-order valence-corrected chi connectivity index (χ3v) is 3.95. The van der Waals surface area contributed by atoms with E-state index < -0.39 is 5.60 Å². The Labute approximate surface area is 117 Å². The molecule has 4 nitrogen and oxygen atoms in total. The van der Waals surface area contributed by atoms with Crippen LogP contribution >= 0.6 is 0 Å². The summed E-state index contributed by atoms with van der Waals surface area (Å²) in [5.74, 6) is 0. The van der Waals surface area contributed by atoms with E-state index >= 15 is 0 Å². The van der Waals surface area contributed by atoms with Gasteiger partial charge in [-0.3, -0.25) is 4.90 Å². The predicted molar refractivity (Wildman–Crippen MR) is 78.3 cm³/mol. The molecule has 1 N–H and O–H groups in total. The lowest BCUT2D eigenvalue weighted by molar-refractivity contribution is -0.0303. The van der Waals surface area contributed by atoms with Gasteiger partial charge in [-0.15, -0.1) is 0 Å². The van der Waals surface area contributed by atoms with Crippen LogP contribution in [0.4, 0.5) is 4.79 Å². The van der Waals surface area contributed by atoms with Crippen molar-refractivity contribution >= 4 is 6.09 Å². The Kier molecular flexibility index (Phi) is 4.55. The second-order valence-corrected chi connectivity index (χ2v) is 7.24. The summed E-state index contributed by atoms with van der Waals surface area (Å²) in [6.45, 7) is 15.8. The number of carbonyl (C=O) groups excluding carboxylic acids is 1. The third-order valence-electron chi connectivity index (χ3n) is 3.95. The lowest BCUT2D eigenvalue weighted by atomic mass is 9.84. The zero-order chi connectivity index (χ0) is 14.9. The van der Waals surface area contributed by atoms with Gasteiger partial charge in [0.2, 0.25) is 0 Å². The van der Waals surface area contributed by atoms with Gasteiger partial charge in [0.15, 0.2) is 0 Å². The Bertz CT molecular complexity index is 328. The molecule has 0 aromatic rings. The van der Waals surface area contributed by atoms with Gasteiger partial charge in [0, 0.05) is 18.6 Å². The second kappa shape index (κ2) is 5.31. The lowest BCUT2D eigenvalue weighted by Crippen LogP contribution is -2.69. The van der Waals surface area contributed by atoms with E-state index in [2.05, 4.69) is 33.0 Å². The Hall–Kier alpha value is -0.770. The Morgan fingerprint density at radius 1 is 1.26 bits per heavy atom. The minimum atomic E-state index is -0.445. The van der Waals surface area contributed by atoms with Gasteiger partial charge in [-0.1, -0.05) is 13.8 Å². The van der Waals surface area contributed by atoms with Gasteiger partial charge in [0.05, 0.1) is 5.54 Å². The van der Waals surface area contributed by atoms with Gasteiger partial charge in [0.25, 0.3) is 0 Å². The summed E-state index contributed by atoms with van der Waals surface area (Å²) < 4.78 is 5.59. The molecule has 112 valence electrons. The molecule has 0 bridgehead atoms. The van der Waals surface area contributed by atoms with Crippen LogP contribution in [0.1, 0.15) is 61.3 Å². The minimum absolute atomic E-state index is 0.0647. The van der Waals surface area contributed by atoms with Crippen LogP contribution in [0, 0.1) is 0 Å². The Morgan fingerprint density at radius 2 is 1.79 bits per heavy atom. The Morgan fingerprint density at radius 3 is 2.21 bits per heavy atom. The first-order valence-corrected chi connectivity index (χ1v) is 7.31. The molecule has 1 aliphatic rings. The van der Waals surface area contributed by atoms with Crippen LogP contribution in [-0.2, 0) is 4.74 Å². The van der Waals surface area contributed by atoms with Crippen molar-refractivity contribution < 1.29 is 9.53 Å². The number of nitrogens with one attached hydrogen (secondary N) is 1. The molecule has 0 aromatic carbocycles. The van der Waals surface area contributed by atoms with E-state index in [1.807, 2.05) is 25.7 Å². The first-order chi connectivity index (χ1) is 8.55. The maximum atomic E-state index is 12.5. The molecule has 0 spiro atoms. The monoisotopic (exact) mass is 270 g/mol. The second-order valence-electron chi connectivity index (χ2n) is 7.24. The van der Waals surface area contributed by atoms with Gasteiger partial charge >= 0.3 is 6.09 Å². The molecule has 0 aromatic heterocycles. The van der Waals surface area contributed by atoms with Crippen molar-refractivity contribution in [2.45, 2.75) is 78.0 Å². The molecule has 0 saturated carbocycles. The van der Waals surface area contributed by atoms with Gasteiger partial charge in [0.1, 0.15) is 5.60 Å².